The topological polar surface area (TPSA) is 110 Å². The van der Waals surface area contributed by atoms with Crippen molar-refractivity contribution >= 4 is 0 Å². The summed E-state index contributed by atoms with van der Waals surface area (Å²) in [6, 6.07) is 13.2. The maximum absolute atomic E-state index is 8.88. The van der Waals surface area contributed by atoms with Crippen LogP contribution < -0.4 is 4.74 Å². The van der Waals surface area contributed by atoms with E-state index in [9.17, 15) is 0 Å². The smallest absolute Gasteiger partial charge is 0.186 e. The highest BCUT2D eigenvalue weighted by atomic mass is 16.5. The number of aromatic hydroxyl groups is 1. The number of phenolic OH excluding ortho intramolecular Hbond substituents is 1. The molecule has 2 aromatic carbocycles. The van der Waals surface area contributed by atoms with Crippen LogP contribution in [0.25, 0.3) is 0 Å². The maximum Gasteiger partial charge on any atom is 0.186 e. The van der Waals surface area contributed by atoms with Gasteiger partial charge in [0.1, 0.15) is 18.1 Å². The summed E-state index contributed by atoms with van der Waals surface area (Å²) in [5.74, 6) is 0.632. The molecule has 0 saturated carbocycles. The lowest BCUT2D eigenvalue weighted by Crippen LogP contribution is -2.15. The summed E-state index contributed by atoms with van der Waals surface area (Å²) in [5.41, 5.74) is 1.74. The molecule has 5 N–H and O–H groups in total. The van der Waals surface area contributed by atoms with Gasteiger partial charge < -0.3 is 30.3 Å². The summed E-state index contributed by atoms with van der Waals surface area (Å²) in [5, 5.41) is 43.1. The second kappa shape index (κ2) is 9.75. The van der Waals surface area contributed by atoms with Crippen LogP contribution in [0.2, 0.25) is 0 Å². The Hall–Kier alpha value is -2.12. The molecular formula is C16H20O6. The Balaban J connectivity index is 0.000000224. The predicted molar refractivity (Wildman–Crippen MR) is 80.1 cm³/mol. The van der Waals surface area contributed by atoms with Gasteiger partial charge in [0.2, 0.25) is 0 Å². The van der Waals surface area contributed by atoms with Gasteiger partial charge in [-0.1, -0.05) is 24.3 Å². The van der Waals surface area contributed by atoms with Crippen LogP contribution in [0, 0.1) is 0 Å². The molecule has 0 saturated heterocycles. The molecule has 120 valence electrons. The van der Waals surface area contributed by atoms with Crippen molar-refractivity contribution < 1.29 is 30.3 Å². The van der Waals surface area contributed by atoms with Gasteiger partial charge in [-0.05, 0) is 35.4 Å². The Morgan fingerprint density at radius 2 is 1.23 bits per heavy atom. The van der Waals surface area contributed by atoms with Crippen molar-refractivity contribution in [1.29, 1.82) is 0 Å². The van der Waals surface area contributed by atoms with Gasteiger partial charge in [-0.2, -0.15) is 0 Å². The summed E-state index contributed by atoms with van der Waals surface area (Å²) in [4.78, 5) is 0. The van der Waals surface area contributed by atoms with Crippen LogP contribution in [0.3, 0.4) is 0 Å². The van der Waals surface area contributed by atoms with Crippen LogP contribution in [0.1, 0.15) is 11.1 Å². The highest BCUT2D eigenvalue weighted by Crippen LogP contribution is 2.15. The molecule has 0 aliphatic heterocycles. The van der Waals surface area contributed by atoms with Gasteiger partial charge in [0, 0.05) is 0 Å². The van der Waals surface area contributed by atoms with Gasteiger partial charge in [-0.3, -0.25) is 0 Å². The van der Waals surface area contributed by atoms with E-state index in [0.29, 0.717) is 5.75 Å². The number of aliphatic hydroxyl groups excluding tert-OH is 3. The van der Waals surface area contributed by atoms with E-state index in [1.807, 2.05) is 0 Å². The quantitative estimate of drug-likeness (QED) is 0.521. The van der Waals surface area contributed by atoms with Crippen LogP contribution in [-0.2, 0) is 13.2 Å². The fourth-order valence-corrected chi connectivity index (χ4v) is 1.46. The minimum absolute atomic E-state index is 0.0612. The van der Waals surface area contributed by atoms with E-state index >= 15 is 0 Å². The van der Waals surface area contributed by atoms with E-state index in [0.717, 1.165) is 11.1 Å². The van der Waals surface area contributed by atoms with Crippen LogP contribution in [0.4, 0.5) is 0 Å². The van der Waals surface area contributed by atoms with Crippen LogP contribution in [0.15, 0.2) is 48.5 Å². The first-order valence-corrected chi connectivity index (χ1v) is 6.62. The van der Waals surface area contributed by atoms with Crippen molar-refractivity contribution in [3.63, 3.8) is 0 Å². The fourth-order valence-electron chi connectivity index (χ4n) is 1.46. The molecular weight excluding hydrogens is 288 g/mol. The zero-order chi connectivity index (χ0) is 16.4. The molecule has 0 aliphatic carbocycles. The van der Waals surface area contributed by atoms with Crippen molar-refractivity contribution in [3.05, 3.63) is 59.7 Å². The number of aliphatic hydroxyl groups is 4. The van der Waals surface area contributed by atoms with Crippen molar-refractivity contribution in [1.82, 2.24) is 0 Å². The second-order valence-corrected chi connectivity index (χ2v) is 4.42. The van der Waals surface area contributed by atoms with Crippen molar-refractivity contribution in [2.45, 2.75) is 19.5 Å². The average molecular weight is 308 g/mol. The van der Waals surface area contributed by atoms with Crippen LogP contribution >= 0.6 is 0 Å². The van der Waals surface area contributed by atoms with Gasteiger partial charge >= 0.3 is 0 Å². The normalized spacial score (nSPS) is 10.0. The van der Waals surface area contributed by atoms with Crippen molar-refractivity contribution in [2.75, 3.05) is 6.61 Å². The van der Waals surface area contributed by atoms with Crippen LogP contribution in [0.5, 0.6) is 11.5 Å². The first kappa shape index (κ1) is 17.9. The number of benzene rings is 2. The molecule has 0 fully saturated rings. The molecule has 0 atom stereocenters. The summed E-state index contributed by atoms with van der Waals surface area (Å²) in [6.45, 7) is -0.0534. The third-order valence-corrected chi connectivity index (χ3v) is 2.62. The predicted octanol–water partition coefficient (Wildman–Crippen LogP) is 0.753. The molecule has 0 aromatic heterocycles. The minimum atomic E-state index is -1.47. The molecule has 0 aliphatic rings. The lowest BCUT2D eigenvalue weighted by molar-refractivity contribution is -0.0680. The van der Waals surface area contributed by atoms with Gasteiger partial charge in [0.25, 0.3) is 0 Å². The molecule has 0 heterocycles. The van der Waals surface area contributed by atoms with E-state index < -0.39 is 6.29 Å². The molecule has 0 bridgehead atoms. The lowest BCUT2D eigenvalue weighted by Gasteiger charge is -2.06. The van der Waals surface area contributed by atoms with E-state index in [1.165, 1.54) is 24.3 Å². The Morgan fingerprint density at radius 1 is 0.773 bits per heavy atom. The van der Waals surface area contributed by atoms with Gasteiger partial charge in [0.15, 0.2) is 6.29 Å². The third-order valence-electron chi connectivity index (χ3n) is 2.62. The Morgan fingerprint density at radius 3 is 1.59 bits per heavy atom. The summed E-state index contributed by atoms with van der Waals surface area (Å²) >= 11 is 0. The Labute approximate surface area is 128 Å². The SMILES string of the molecule is OCc1ccc(CO)cc1.Oc1ccc(OCC(O)O)cc1. The molecule has 2 rings (SSSR count). The largest absolute Gasteiger partial charge is 0.508 e. The van der Waals surface area contributed by atoms with E-state index in [2.05, 4.69) is 0 Å². The minimum Gasteiger partial charge on any atom is -0.508 e. The molecule has 0 unspecified atom stereocenters. The second-order valence-electron chi connectivity index (χ2n) is 4.42. The number of rotatable bonds is 5. The molecule has 6 nitrogen and oxygen atoms in total. The maximum atomic E-state index is 8.88. The number of phenols is 1. The first-order valence-electron chi connectivity index (χ1n) is 6.62. The average Bonchev–Trinajstić information content (AvgIpc) is 2.55. The first-order chi connectivity index (χ1) is 10.5. The van der Waals surface area contributed by atoms with Gasteiger partial charge in [0.05, 0.1) is 13.2 Å². The molecule has 6 heteroatoms. The zero-order valence-electron chi connectivity index (χ0n) is 12.0. The summed E-state index contributed by atoms with van der Waals surface area (Å²) in [6.07, 6.45) is -1.47. The van der Waals surface area contributed by atoms with Crippen molar-refractivity contribution in [3.8, 4) is 11.5 Å². The Kier molecular flexibility index (Phi) is 7.95. The molecule has 0 spiro atoms. The molecule has 2 aromatic rings. The lowest BCUT2D eigenvalue weighted by atomic mass is 10.1. The summed E-state index contributed by atoms with van der Waals surface area (Å²) < 4.78 is 4.91. The number of hydrogen-bond acceptors (Lipinski definition) is 6. The molecule has 22 heavy (non-hydrogen) atoms. The fraction of sp³-hybridized carbons (Fsp3) is 0.250. The molecule has 0 amide bonds. The number of hydrogen-bond donors (Lipinski definition) is 5. The van der Waals surface area contributed by atoms with Crippen LogP contribution in [-0.4, -0.2) is 38.4 Å². The number of ether oxygens (including phenoxy) is 1. The van der Waals surface area contributed by atoms with Gasteiger partial charge in [-0.25, -0.2) is 0 Å². The highest BCUT2D eigenvalue weighted by molar-refractivity contribution is 5.30. The third kappa shape index (κ3) is 7.05. The van der Waals surface area contributed by atoms with Crippen molar-refractivity contribution in [2.24, 2.45) is 0 Å². The van der Waals surface area contributed by atoms with E-state index in [1.54, 1.807) is 24.3 Å². The standard InChI is InChI=1S/C8H10O4.C8H10O2/c9-6-1-3-7(4-2-6)12-5-8(10)11;9-5-7-1-2-8(6-10)4-3-7/h1-4,8-11H,5H2;1-4,9-10H,5-6H2. The molecule has 0 radical (unpaired) electrons. The van der Waals surface area contributed by atoms with E-state index in [-0.39, 0.29) is 25.6 Å². The summed E-state index contributed by atoms with van der Waals surface area (Å²) in [7, 11) is 0. The van der Waals surface area contributed by atoms with Gasteiger partial charge in [-0.15, -0.1) is 0 Å². The highest BCUT2D eigenvalue weighted by Gasteiger charge is 1.98. The van der Waals surface area contributed by atoms with E-state index in [4.69, 9.17) is 30.3 Å². The Bertz CT molecular complexity index is 498. The zero-order valence-corrected chi connectivity index (χ0v) is 12.0. The monoisotopic (exact) mass is 308 g/mol.